The summed E-state index contributed by atoms with van der Waals surface area (Å²) >= 11 is 0. The number of carbonyl (C=O) groups excluding carboxylic acids is 1. The number of ketones is 1. The first-order chi connectivity index (χ1) is 14.0. The Bertz CT molecular complexity index is 1040. The molecule has 2 heterocycles. The lowest BCUT2D eigenvalue weighted by Crippen LogP contribution is -2.15. The third-order valence-electron chi connectivity index (χ3n) is 5.54. The Morgan fingerprint density at radius 2 is 2.00 bits per heavy atom. The minimum Gasteiger partial charge on any atom is -0.497 e. The third-order valence-corrected chi connectivity index (χ3v) is 5.54. The molecule has 1 aromatic carbocycles. The summed E-state index contributed by atoms with van der Waals surface area (Å²) in [4.78, 5) is 17.1. The molecule has 2 aromatic heterocycles. The molecule has 0 spiro atoms. The Morgan fingerprint density at radius 3 is 2.66 bits per heavy atom. The monoisotopic (exact) mass is 393 g/mol. The molecule has 0 aliphatic heterocycles. The van der Waals surface area contributed by atoms with E-state index in [9.17, 15) is 4.79 Å². The van der Waals surface area contributed by atoms with Crippen LogP contribution in [0.3, 0.4) is 0 Å². The SMILES string of the molecule is COc1ccc([C@H](C)CC(=O)COc2nc3c(cc2C)c(C2CC2)nn3C)cc1. The average Bonchev–Trinajstić information content (AvgIpc) is 3.51. The fraction of sp³-hybridized carbons (Fsp3) is 0.435. The Kier molecular flexibility index (Phi) is 5.26. The van der Waals surface area contributed by atoms with E-state index in [0.717, 1.165) is 33.6 Å². The van der Waals surface area contributed by atoms with Gasteiger partial charge in [-0.05, 0) is 49.4 Å². The zero-order valence-corrected chi connectivity index (χ0v) is 17.4. The number of nitrogens with zero attached hydrogens (tertiary/aromatic N) is 3. The number of Topliss-reactive ketones (excluding diaryl/α,β-unsaturated/α-hetero) is 1. The summed E-state index contributed by atoms with van der Waals surface area (Å²) in [5.74, 6) is 2.05. The Hall–Kier alpha value is -2.89. The molecule has 1 aliphatic carbocycles. The van der Waals surface area contributed by atoms with Crippen LogP contribution in [0.1, 0.15) is 54.8 Å². The van der Waals surface area contributed by atoms with Crippen LogP contribution in [-0.2, 0) is 11.8 Å². The van der Waals surface area contributed by atoms with E-state index in [0.29, 0.717) is 18.2 Å². The number of rotatable bonds is 8. The number of hydrogen-bond donors (Lipinski definition) is 0. The van der Waals surface area contributed by atoms with Crippen molar-refractivity contribution in [2.24, 2.45) is 7.05 Å². The summed E-state index contributed by atoms with van der Waals surface area (Å²) in [6.45, 7) is 4.04. The fourth-order valence-corrected chi connectivity index (χ4v) is 3.69. The van der Waals surface area contributed by atoms with Gasteiger partial charge in [-0.3, -0.25) is 9.48 Å². The quantitative estimate of drug-likeness (QED) is 0.571. The maximum absolute atomic E-state index is 12.5. The Balaban J connectivity index is 1.41. The minimum absolute atomic E-state index is 0.0210. The lowest BCUT2D eigenvalue weighted by atomic mass is 9.96. The fourth-order valence-electron chi connectivity index (χ4n) is 3.69. The van der Waals surface area contributed by atoms with E-state index < -0.39 is 0 Å². The number of pyridine rings is 1. The van der Waals surface area contributed by atoms with Gasteiger partial charge in [-0.25, -0.2) is 0 Å². The van der Waals surface area contributed by atoms with Crippen LogP contribution in [0, 0.1) is 6.92 Å². The van der Waals surface area contributed by atoms with Gasteiger partial charge in [0, 0.05) is 30.3 Å². The molecule has 0 radical (unpaired) electrons. The minimum atomic E-state index is 0.0210. The second-order valence-corrected chi connectivity index (χ2v) is 7.97. The maximum Gasteiger partial charge on any atom is 0.218 e. The predicted molar refractivity (Wildman–Crippen MR) is 112 cm³/mol. The topological polar surface area (TPSA) is 66.2 Å². The first-order valence-corrected chi connectivity index (χ1v) is 10.1. The number of hydrogen-bond acceptors (Lipinski definition) is 5. The van der Waals surface area contributed by atoms with Gasteiger partial charge >= 0.3 is 0 Å². The van der Waals surface area contributed by atoms with Gasteiger partial charge in [-0.1, -0.05) is 19.1 Å². The van der Waals surface area contributed by atoms with Crippen LogP contribution in [0.4, 0.5) is 0 Å². The Labute approximate surface area is 170 Å². The highest BCUT2D eigenvalue weighted by atomic mass is 16.5. The molecule has 152 valence electrons. The van der Waals surface area contributed by atoms with E-state index in [1.54, 1.807) is 7.11 Å². The van der Waals surface area contributed by atoms with Crippen molar-refractivity contribution in [2.75, 3.05) is 13.7 Å². The van der Waals surface area contributed by atoms with Crippen molar-refractivity contribution in [3.05, 3.63) is 47.2 Å². The highest BCUT2D eigenvalue weighted by molar-refractivity contribution is 5.82. The molecule has 4 rings (SSSR count). The van der Waals surface area contributed by atoms with Gasteiger partial charge in [0.15, 0.2) is 11.4 Å². The van der Waals surface area contributed by atoms with Crippen LogP contribution in [0.5, 0.6) is 11.6 Å². The van der Waals surface area contributed by atoms with E-state index in [1.807, 2.05) is 49.8 Å². The van der Waals surface area contributed by atoms with Gasteiger partial charge in [0.25, 0.3) is 0 Å². The van der Waals surface area contributed by atoms with Crippen molar-refractivity contribution in [1.82, 2.24) is 14.8 Å². The number of ether oxygens (including phenoxy) is 2. The summed E-state index contributed by atoms with van der Waals surface area (Å²) in [6.07, 6.45) is 2.82. The Morgan fingerprint density at radius 1 is 1.28 bits per heavy atom. The van der Waals surface area contributed by atoms with Gasteiger partial charge in [0.1, 0.15) is 12.4 Å². The van der Waals surface area contributed by atoms with E-state index in [-0.39, 0.29) is 18.3 Å². The molecule has 1 saturated carbocycles. The zero-order valence-electron chi connectivity index (χ0n) is 17.4. The lowest BCUT2D eigenvalue weighted by molar-refractivity contribution is -0.121. The van der Waals surface area contributed by atoms with Crippen molar-refractivity contribution in [3.8, 4) is 11.6 Å². The molecule has 3 aromatic rings. The van der Waals surface area contributed by atoms with Crippen LogP contribution >= 0.6 is 0 Å². The standard InChI is InChI=1S/C23H27N3O3/c1-14(16-7-9-19(28-4)10-8-16)11-18(27)13-29-23-15(2)12-20-21(17-5-6-17)25-26(3)22(20)24-23/h7-10,12,14,17H,5-6,11,13H2,1-4H3/t14-/m1/s1. The van der Waals surface area contributed by atoms with Crippen molar-refractivity contribution >= 4 is 16.8 Å². The smallest absolute Gasteiger partial charge is 0.218 e. The van der Waals surface area contributed by atoms with Crippen LogP contribution in [0.15, 0.2) is 30.3 Å². The first kappa shape index (κ1) is 19.4. The predicted octanol–water partition coefficient (Wildman–Crippen LogP) is 4.30. The molecular weight excluding hydrogens is 366 g/mol. The van der Waals surface area contributed by atoms with E-state index >= 15 is 0 Å². The number of carbonyl (C=O) groups is 1. The van der Waals surface area contributed by atoms with Crippen LogP contribution < -0.4 is 9.47 Å². The highest BCUT2D eigenvalue weighted by Crippen LogP contribution is 2.42. The van der Waals surface area contributed by atoms with Crippen molar-refractivity contribution in [2.45, 2.75) is 44.9 Å². The van der Waals surface area contributed by atoms with Gasteiger partial charge in [-0.2, -0.15) is 10.1 Å². The summed E-state index contributed by atoms with van der Waals surface area (Å²) in [5.41, 5.74) is 3.99. The molecule has 6 nitrogen and oxygen atoms in total. The highest BCUT2D eigenvalue weighted by Gasteiger charge is 2.29. The van der Waals surface area contributed by atoms with E-state index in [4.69, 9.17) is 9.47 Å². The molecular formula is C23H27N3O3. The van der Waals surface area contributed by atoms with Gasteiger partial charge < -0.3 is 9.47 Å². The largest absolute Gasteiger partial charge is 0.497 e. The summed E-state index contributed by atoms with van der Waals surface area (Å²) in [6, 6.07) is 9.91. The molecule has 1 fully saturated rings. The second-order valence-electron chi connectivity index (χ2n) is 7.97. The third kappa shape index (κ3) is 4.11. The maximum atomic E-state index is 12.5. The summed E-state index contributed by atoms with van der Waals surface area (Å²) in [7, 11) is 3.55. The van der Waals surface area contributed by atoms with Crippen molar-refractivity contribution < 1.29 is 14.3 Å². The summed E-state index contributed by atoms with van der Waals surface area (Å²) in [5, 5.41) is 5.73. The number of methoxy groups -OCH3 is 1. The van der Waals surface area contributed by atoms with E-state index in [1.165, 1.54) is 12.8 Å². The molecule has 0 N–H and O–H groups in total. The van der Waals surface area contributed by atoms with Gasteiger partial charge in [-0.15, -0.1) is 0 Å². The number of benzene rings is 1. The van der Waals surface area contributed by atoms with Gasteiger partial charge in [0.2, 0.25) is 5.88 Å². The molecule has 0 saturated heterocycles. The van der Waals surface area contributed by atoms with Crippen LogP contribution in [-0.4, -0.2) is 34.3 Å². The normalized spacial score (nSPS) is 14.8. The lowest BCUT2D eigenvalue weighted by Gasteiger charge is -2.13. The molecule has 1 aliphatic rings. The number of aryl methyl sites for hydroxylation is 2. The van der Waals surface area contributed by atoms with Crippen molar-refractivity contribution in [3.63, 3.8) is 0 Å². The number of fused-ring (bicyclic) bond motifs is 1. The van der Waals surface area contributed by atoms with E-state index in [2.05, 4.69) is 16.1 Å². The average molecular weight is 393 g/mol. The second kappa shape index (κ2) is 7.85. The first-order valence-electron chi connectivity index (χ1n) is 10.1. The van der Waals surface area contributed by atoms with Crippen LogP contribution in [0.2, 0.25) is 0 Å². The number of aromatic nitrogens is 3. The zero-order chi connectivity index (χ0) is 20.5. The molecule has 0 unspecified atom stereocenters. The molecule has 0 bridgehead atoms. The summed E-state index contributed by atoms with van der Waals surface area (Å²) < 4.78 is 12.8. The van der Waals surface area contributed by atoms with Gasteiger partial charge in [0.05, 0.1) is 12.8 Å². The molecule has 6 heteroatoms. The van der Waals surface area contributed by atoms with Crippen LogP contribution in [0.25, 0.3) is 11.0 Å². The molecule has 29 heavy (non-hydrogen) atoms. The molecule has 1 atom stereocenters. The molecule has 0 amide bonds. The van der Waals surface area contributed by atoms with Crippen molar-refractivity contribution in [1.29, 1.82) is 0 Å².